The van der Waals surface area contributed by atoms with Gasteiger partial charge in [0.15, 0.2) is 5.11 Å². The minimum atomic E-state index is -0.540. The molecule has 0 unspecified atom stereocenters. The first-order chi connectivity index (χ1) is 10.6. The normalized spacial score (nSPS) is 17.0. The van der Waals surface area contributed by atoms with Crippen LogP contribution in [0.25, 0.3) is 6.08 Å². The van der Waals surface area contributed by atoms with E-state index in [9.17, 15) is 9.59 Å². The quantitative estimate of drug-likeness (QED) is 0.522. The number of hydrogen-bond acceptors (Lipinski definition) is 4. The Morgan fingerprint density at radius 2 is 1.91 bits per heavy atom. The standard InChI is InChI=1S/C15H9ClN2O3S/c16-10-1-3-11(4-2-10)18-14(20)12(13(19)17-15(18)22)7-9-5-6-21-8-9/h1-8H,(H,17,19,22)/b12-7-. The van der Waals surface area contributed by atoms with E-state index < -0.39 is 11.8 Å². The summed E-state index contributed by atoms with van der Waals surface area (Å²) in [7, 11) is 0. The first kappa shape index (κ1) is 14.5. The van der Waals surface area contributed by atoms with Crippen LogP contribution in [0.5, 0.6) is 0 Å². The Labute approximate surface area is 136 Å². The number of nitrogens with one attached hydrogen (secondary N) is 1. The van der Waals surface area contributed by atoms with Crippen molar-refractivity contribution in [3.05, 3.63) is 59.0 Å². The van der Waals surface area contributed by atoms with Crippen molar-refractivity contribution in [3.8, 4) is 0 Å². The van der Waals surface area contributed by atoms with Crippen molar-refractivity contribution in [1.29, 1.82) is 0 Å². The third-order valence-electron chi connectivity index (χ3n) is 3.04. The number of furan rings is 1. The van der Waals surface area contributed by atoms with Crippen LogP contribution in [-0.4, -0.2) is 16.9 Å². The molecule has 0 saturated carbocycles. The molecule has 1 aliphatic heterocycles. The fourth-order valence-corrected chi connectivity index (χ4v) is 2.41. The van der Waals surface area contributed by atoms with Gasteiger partial charge in [-0.1, -0.05) is 11.6 Å². The Morgan fingerprint density at radius 3 is 2.55 bits per heavy atom. The number of amides is 2. The van der Waals surface area contributed by atoms with Crippen molar-refractivity contribution in [2.75, 3.05) is 4.90 Å². The fourth-order valence-electron chi connectivity index (χ4n) is 2.01. The van der Waals surface area contributed by atoms with Crippen molar-refractivity contribution in [1.82, 2.24) is 5.32 Å². The van der Waals surface area contributed by atoms with E-state index in [1.54, 1.807) is 30.3 Å². The third-order valence-corrected chi connectivity index (χ3v) is 3.58. The monoisotopic (exact) mass is 332 g/mol. The van der Waals surface area contributed by atoms with Crippen LogP contribution in [0.15, 0.2) is 52.8 Å². The van der Waals surface area contributed by atoms with Gasteiger partial charge in [-0.25, -0.2) is 0 Å². The predicted molar refractivity (Wildman–Crippen MR) is 86.4 cm³/mol. The lowest BCUT2D eigenvalue weighted by molar-refractivity contribution is -0.122. The lowest BCUT2D eigenvalue weighted by Crippen LogP contribution is -2.54. The topological polar surface area (TPSA) is 62.6 Å². The molecule has 0 radical (unpaired) electrons. The van der Waals surface area contributed by atoms with Crippen LogP contribution < -0.4 is 10.2 Å². The summed E-state index contributed by atoms with van der Waals surface area (Å²) >= 11 is 10.9. The van der Waals surface area contributed by atoms with Crippen LogP contribution in [0, 0.1) is 0 Å². The summed E-state index contributed by atoms with van der Waals surface area (Å²) in [5, 5.41) is 3.07. The summed E-state index contributed by atoms with van der Waals surface area (Å²) in [6.45, 7) is 0. The van der Waals surface area contributed by atoms with Crippen LogP contribution in [0.3, 0.4) is 0 Å². The van der Waals surface area contributed by atoms with Gasteiger partial charge >= 0.3 is 0 Å². The van der Waals surface area contributed by atoms with E-state index in [4.69, 9.17) is 28.2 Å². The van der Waals surface area contributed by atoms with E-state index in [2.05, 4.69) is 5.32 Å². The van der Waals surface area contributed by atoms with Gasteiger partial charge in [0.1, 0.15) is 5.57 Å². The highest BCUT2D eigenvalue weighted by atomic mass is 35.5. The molecule has 22 heavy (non-hydrogen) atoms. The average molecular weight is 333 g/mol. The maximum atomic E-state index is 12.6. The van der Waals surface area contributed by atoms with E-state index in [0.717, 1.165) is 0 Å². The number of thiocarbonyl (C=S) groups is 1. The zero-order chi connectivity index (χ0) is 15.7. The summed E-state index contributed by atoms with van der Waals surface area (Å²) in [6.07, 6.45) is 4.35. The molecule has 1 fully saturated rings. The molecule has 1 saturated heterocycles. The Morgan fingerprint density at radius 1 is 1.18 bits per heavy atom. The van der Waals surface area contributed by atoms with Gasteiger partial charge in [-0.3, -0.25) is 19.8 Å². The van der Waals surface area contributed by atoms with Gasteiger partial charge in [-0.15, -0.1) is 0 Å². The molecule has 110 valence electrons. The van der Waals surface area contributed by atoms with E-state index >= 15 is 0 Å². The minimum Gasteiger partial charge on any atom is -0.472 e. The van der Waals surface area contributed by atoms with Gasteiger partial charge in [0.25, 0.3) is 11.8 Å². The molecule has 5 nitrogen and oxygen atoms in total. The SMILES string of the molecule is O=C1NC(=S)N(c2ccc(Cl)cc2)C(=O)/C1=C\c1ccoc1. The van der Waals surface area contributed by atoms with Gasteiger partial charge in [0.05, 0.1) is 18.2 Å². The maximum Gasteiger partial charge on any atom is 0.270 e. The Hall–Kier alpha value is -2.44. The Bertz CT molecular complexity index is 782. The molecule has 2 aromatic rings. The Kier molecular flexibility index (Phi) is 3.79. The number of halogens is 1. The second kappa shape index (κ2) is 5.75. The van der Waals surface area contributed by atoms with Crippen LogP contribution in [0.4, 0.5) is 5.69 Å². The molecule has 2 amide bonds. The van der Waals surface area contributed by atoms with E-state index in [0.29, 0.717) is 16.3 Å². The van der Waals surface area contributed by atoms with E-state index in [1.165, 1.54) is 23.5 Å². The van der Waals surface area contributed by atoms with Gasteiger partial charge < -0.3 is 4.42 Å². The molecule has 3 rings (SSSR count). The third kappa shape index (κ3) is 2.66. The second-order valence-corrected chi connectivity index (χ2v) is 5.31. The number of carbonyl (C=O) groups excluding carboxylic acids is 2. The summed E-state index contributed by atoms with van der Waals surface area (Å²) in [5.74, 6) is -1.04. The lowest BCUT2D eigenvalue weighted by atomic mass is 10.1. The zero-order valence-corrected chi connectivity index (χ0v) is 12.6. The molecule has 0 spiro atoms. The summed E-state index contributed by atoms with van der Waals surface area (Å²) in [4.78, 5) is 25.9. The molecular formula is C15H9ClN2O3S. The molecule has 7 heteroatoms. The molecule has 0 aliphatic carbocycles. The van der Waals surface area contributed by atoms with Gasteiger partial charge in [0, 0.05) is 10.6 Å². The maximum absolute atomic E-state index is 12.6. The number of anilines is 1. The average Bonchev–Trinajstić information content (AvgIpc) is 2.98. The summed E-state index contributed by atoms with van der Waals surface area (Å²) in [5.41, 5.74) is 1.12. The molecule has 2 heterocycles. The van der Waals surface area contributed by atoms with Crippen LogP contribution >= 0.6 is 23.8 Å². The van der Waals surface area contributed by atoms with Crippen molar-refractivity contribution in [2.45, 2.75) is 0 Å². The smallest absolute Gasteiger partial charge is 0.270 e. The molecule has 0 atom stereocenters. The van der Waals surface area contributed by atoms with Crippen molar-refractivity contribution < 1.29 is 14.0 Å². The van der Waals surface area contributed by atoms with E-state index in [-0.39, 0.29) is 10.7 Å². The highest BCUT2D eigenvalue weighted by Gasteiger charge is 2.34. The zero-order valence-electron chi connectivity index (χ0n) is 11.1. The second-order valence-electron chi connectivity index (χ2n) is 4.49. The lowest BCUT2D eigenvalue weighted by Gasteiger charge is -2.28. The van der Waals surface area contributed by atoms with Crippen LogP contribution in [-0.2, 0) is 9.59 Å². The highest BCUT2D eigenvalue weighted by molar-refractivity contribution is 7.80. The van der Waals surface area contributed by atoms with Crippen LogP contribution in [0.2, 0.25) is 5.02 Å². The first-order valence-electron chi connectivity index (χ1n) is 6.25. The largest absolute Gasteiger partial charge is 0.472 e. The molecule has 1 aromatic heterocycles. The number of hydrogen-bond donors (Lipinski definition) is 1. The molecule has 0 bridgehead atoms. The number of nitrogens with zero attached hydrogens (tertiary/aromatic N) is 1. The molecule has 1 N–H and O–H groups in total. The van der Waals surface area contributed by atoms with E-state index in [1.807, 2.05) is 0 Å². The molecule has 1 aliphatic rings. The van der Waals surface area contributed by atoms with Gasteiger partial charge in [-0.05, 0) is 48.6 Å². The number of benzene rings is 1. The summed E-state index contributed by atoms with van der Waals surface area (Å²) in [6, 6.07) is 8.23. The molecule has 1 aromatic carbocycles. The number of rotatable bonds is 2. The number of carbonyl (C=O) groups is 2. The van der Waals surface area contributed by atoms with Crippen molar-refractivity contribution >= 4 is 52.5 Å². The van der Waals surface area contributed by atoms with Crippen molar-refractivity contribution in [2.24, 2.45) is 0 Å². The highest BCUT2D eigenvalue weighted by Crippen LogP contribution is 2.23. The fraction of sp³-hybridized carbons (Fsp3) is 0. The van der Waals surface area contributed by atoms with Crippen LogP contribution in [0.1, 0.15) is 5.56 Å². The minimum absolute atomic E-state index is 0.0232. The van der Waals surface area contributed by atoms with Crippen molar-refractivity contribution in [3.63, 3.8) is 0 Å². The predicted octanol–water partition coefficient (Wildman–Crippen LogP) is 2.76. The first-order valence-corrected chi connectivity index (χ1v) is 7.04. The molecular weight excluding hydrogens is 324 g/mol. The van der Waals surface area contributed by atoms with Gasteiger partial charge in [-0.2, -0.15) is 0 Å². The Balaban J connectivity index is 2.01. The van der Waals surface area contributed by atoms with Gasteiger partial charge in [0.2, 0.25) is 0 Å². The summed E-state index contributed by atoms with van der Waals surface area (Å²) < 4.78 is 4.93.